The van der Waals surface area contributed by atoms with Crippen LogP contribution in [0.5, 0.6) is 11.5 Å². The summed E-state index contributed by atoms with van der Waals surface area (Å²) in [5, 5.41) is 7.11. The fraction of sp³-hybridized carbons (Fsp3) is 0.100. The Balaban J connectivity index is 2.52. The molecule has 0 unspecified atom stereocenters. The molecule has 1 N–H and O–H groups in total. The molecule has 0 radical (unpaired) electrons. The zero-order valence-corrected chi connectivity index (χ0v) is 19.1. The molecule has 0 atom stereocenters. The molecule has 34 heavy (non-hydrogen) atoms. The molecule has 0 aliphatic heterocycles. The van der Waals surface area contributed by atoms with Crippen LogP contribution < -0.4 is 9.47 Å². The van der Waals surface area contributed by atoms with Gasteiger partial charge < -0.3 is 14.0 Å². The molecular formula is C20H15N2O10S2-. The molecule has 3 aromatic rings. The Labute approximate surface area is 193 Å². The quantitative estimate of drug-likeness (QED) is 0.224. The number of ether oxygens (including phenoxy) is 2. The lowest BCUT2D eigenvalue weighted by Gasteiger charge is -2.17. The Morgan fingerprint density at radius 3 is 2.06 bits per heavy atom. The number of fused-ring (bicyclic) bond motifs is 1. The molecule has 0 fully saturated rings. The monoisotopic (exact) mass is 507 g/mol. The molecule has 0 aliphatic carbocycles. The van der Waals surface area contributed by atoms with E-state index in [1.54, 1.807) is 18.2 Å². The number of esters is 2. The number of carbonyl (C=O) groups is 2. The number of nitrogens with zero attached hydrogens (tertiary/aromatic N) is 2. The third-order valence-corrected chi connectivity index (χ3v) is 5.84. The number of hydrogen-bond donors (Lipinski definition) is 1. The van der Waals surface area contributed by atoms with Crippen molar-refractivity contribution < 1.29 is 45.0 Å². The lowest BCUT2D eigenvalue weighted by molar-refractivity contribution is -0.132. The van der Waals surface area contributed by atoms with E-state index < -0.39 is 59.2 Å². The van der Waals surface area contributed by atoms with Crippen LogP contribution in [0.25, 0.3) is 10.8 Å². The Morgan fingerprint density at radius 1 is 0.912 bits per heavy atom. The van der Waals surface area contributed by atoms with E-state index >= 15 is 0 Å². The van der Waals surface area contributed by atoms with Crippen molar-refractivity contribution in [2.24, 2.45) is 10.2 Å². The molecule has 12 nitrogen and oxygen atoms in total. The average Bonchev–Trinajstić information content (AvgIpc) is 2.71. The standard InChI is InChI=1S/C20H16N2O10S2/c1-11(23)31-16-10-15(33(25,26)27)8-13-9-17(34(28,29)30)19(20(18(13)16)32-12(2)24)22-21-14-6-4-3-5-7-14/h3-10H,1-2H3,(H,25,26,27)(H,28,29,30)/p-1. The van der Waals surface area contributed by atoms with Gasteiger partial charge in [0.15, 0.2) is 11.4 Å². The summed E-state index contributed by atoms with van der Waals surface area (Å²) in [7, 11) is -10.1. The van der Waals surface area contributed by atoms with Crippen molar-refractivity contribution in [1.29, 1.82) is 0 Å². The summed E-state index contributed by atoms with van der Waals surface area (Å²) in [5.74, 6) is -3.03. The summed E-state index contributed by atoms with van der Waals surface area (Å²) in [5.41, 5.74) is -0.370. The van der Waals surface area contributed by atoms with E-state index in [2.05, 4.69) is 10.2 Å². The van der Waals surface area contributed by atoms with Gasteiger partial charge in [0, 0.05) is 13.8 Å². The first-order valence-corrected chi connectivity index (χ1v) is 12.0. The molecule has 0 spiro atoms. The van der Waals surface area contributed by atoms with E-state index in [9.17, 15) is 35.5 Å². The smallest absolute Gasteiger partial charge is 0.308 e. The molecule has 178 valence electrons. The topological polar surface area (TPSA) is 189 Å². The maximum atomic E-state index is 12.1. The number of azo groups is 1. The minimum atomic E-state index is -5.10. The fourth-order valence-electron chi connectivity index (χ4n) is 2.92. The van der Waals surface area contributed by atoms with Crippen LogP contribution >= 0.6 is 0 Å². The van der Waals surface area contributed by atoms with Gasteiger partial charge in [-0.25, -0.2) is 8.42 Å². The largest absolute Gasteiger partial charge is 0.744 e. The lowest BCUT2D eigenvalue weighted by Crippen LogP contribution is -2.09. The summed E-state index contributed by atoms with van der Waals surface area (Å²) in [4.78, 5) is 21.7. The molecule has 0 aliphatic rings. The van der Waals surface area contributed by atoms with E-state index in [1.165, 1.54) is 12.1 Å². The highest BCUT2D eigenvalue weighted by Gasteiger charge is 2.27. The first-order valence-electron chi connectivity index (χ1n) is 9.19. The number of benzene rings is 3. The van der Waals surface area contributed by atoms with E-state index in [1.807, 2.05) is 0 Å². The van der Waals surface area contributed by atoms with Gasteiger partial charge in [0.25, 0.3) is 10.1 Å². The predicted molar refractivity (Wildman–Crippen MR) is 115 cm³/mol. The van der Waals surface area contributed by atoms with Gasteiger partial charge in [-0.05, 0) is 35.7 Å². The minimum absolute atomic E-state index is 0.269. The van der Waals surface area contributed by atoms with Crippen molar-refractivity contribution in [2.75, 3.05) is 0 Å². The molecule has 0 saturated heterocycles. The fourth-order valence-corrected chi connectivity index (χ4v) is 4.10. The van der Waals surface area contributed by atoms with Crippen LogP contribution in [0.4, 0.5) is 11.4 Å². The molecule has 0 heterocycles. The van der Waals surface area contributed by atoms with Crippen molar-refractivity contribution >= 4 is 54.3 Å². The number of rotatable bonds is 6. The highest BCUT2D eigenvalue weighted by Crippen LogP contribution is 2.47. The highest BCUT2D eigenvalue weighted by molar-refractivity contribution is 7.86. The zero-order valence-electron chi connectivity index (χ0n) is 17.5. The molecular weight excluding hydrogens is 492 g/mol. The predicted octanol–water partition coefficient (Wildman–Crippen LogP) is 3.26. The second-order valence-corrected chi connectivity index (χ2v) is 9.49. The normalized spacial score (nSPS) is 12.1. The van der Waals surface area contributed by atoms with E-state index in [0.717, 1.165) is 26.0 Å². The summed E-state index contributed by atoms with van der Waals surface area (Å²) in [6.07, 6.45) is 0. The van der Waals surface area contributed by atoms with Gasteiger partial charge in [0.2, 0.25) is 0 Å². The average molecular weight is 507 g/mol. The summed E-state index contributed by atoms with van der Waals surface area (Å²) in [6.45, 7) is 1.96. The molecule has 3 rings (SSSR count). The van der Waals surface area contributed by atoms with Crippen LogP contribution in [0.2, 0.25) is 0 Å². The van der Waals surface area contributed by atoms with Gasteiger partial charge in [0.05, 0.1) is 16.0 Å². The number of hydrogen-bond acceptors (Lipinski definition) is 11. The minimum Gasteiger partial charge on any atom is -0.744 e. The van der Waals surface area contributed by atoms with Gasteiger partial charge in [-0.1, -0.05) is 18.2 Å². The van der Waals surface area contributed by atoms with Crippen LogP contribution in [-0.4, -0.2) is 37.9 Å². The second-order valence-electron chi connectivity index (χ2n) is 6.72. The Bertz CT molecular complexity index is 1550. The van der Waals surface area contributed by atoms with Crippen molar-refractivity contribution in [3.63, 3.8) is 0 Å². The molecule has 14 heteroatoms. The molecule has 0 bridgehead atoms. The van der Waals surface area contributed by atoms with E-state index in [0.29, 0.717) is 6.07 Å². The van der Waals surface area contributed by atoms with Gasteiger partial charge in [-0.15, -0.1) is 5.11 Å². The first-order chi connectivity index (χ1) is 15.8. The van der Waals surface area contributed by atoms with Crippen LogP contribution in [0, 0.1) is 0 Å². The molecule has 0 saturated carbocycles. The maximum absolute atomic E-state index is 12.1. The van der Waals surface area contributed by atoms with Crippen molar-refractivity contribution in [2.45, 2.75) is 23.6 Å². The SMILES string of the molecule is CC(=O)Oc1cc(S(=O)(=O)[O-])cc2cc(S(=O)(=O)O)c(N=Nc3ccccc3)c(OC(C)=O)c12. The lowest BCUT2D eigenvalue weighted by atomic mass is 10.1. The van der Waals surface area contributed by atoms with E-state index in [-0.39, 0.29) is 16.5 Å². The van der Waals surface area contributed by atoms with Crippen LogP contribution in [-0.2, 0) is 29.8 Å². The van der Waals surface area contributed by atoms with Gasteiger partial charge in [-0.3, -0.25) is 14.1 Å². The van der Waals surface area contributed by atoms with Crippen LogP contribution in [0.1, 0.15) is 13.8 Å². The van der Waals surface area contributed by atoms with Crippen LogP contribution in [0.15, 0.2) is 68.6 Å². The van der Waals surface area contributed by atoms with Gasteiger partial charge in [0.1, 0.15) is 20.8 Å². The van der Waals surface area contributed by atoms with Crippen molar-refractivity contribution in [1.82, 2.24) is 0 Å². The summed E-state index contributed by atoms with van der Waals surface area (Å²) < 4.78 is 79.0. The Morgan fingerprint density at radius 2 is 1.53 bits per heavy atom. The molecule has 0 aromatic heterocycles. The van der Waals surface area contributed by atoms with Crippen molar-refractivity contribution in [3.8, 4) is 11.5 Å². The van der Waals surface area contributed by atoms with Crippen LogP contribution in [0.3, 0.4) is 0 Å². The molecule has 3 aromatic carbocycles. The third kappa shape index (κ3) is 5.60. The first kappa shape index (κ1) is 24.9. The second kappa shape index (κ2) is 9.26. The third-order valence-electron chi connectivity index (χ3n) is 4.16. The maximum Gasteiger partial charge on any atom is 0.308 e. The Kier molecular flexibility index (Phi) is 6.79. The highest BCUT2D eigenvalue weighted by atomic mass is 32.2. The zero-order chi connectivity index (χ0) is 25.3. The van der Waals surface area contributed by atoms with Gasteiger partial charge in [-0.2, -0.15) is 13.5 Å². The summed E-state index contributed by atoms with van der Waals surface area (Å²) in [6, 6.07) is 10.2. The Hall–Kier alpha value is -3.72. The van der Waals surface area contributed by atoms with E-state index in [4.69, 9.17) is 9.47 Å². The van der Waals surface area contributed by atoms with Crippen molar-refractivity contribution in [3.05, 3.63) is 48.5 Å². The van der Waals surface area contributed by atoms with Gasteiger partial charge >= 0.3 is 11.9 Å². The summed E-state index contributed by atoms with van der Waals surface area (Å²) >= 11 is 0. The molecule has 0 amide bonds. The number of carbonyl (C=O) groups excluding carboxylic acids is 2.